The molecule has 0 aliphatic rings. The van der Waals surface area contributed by atoms with E-state index in [-0.39, 0.29) is 11.5 Å². The number of fused-ring (bicyclic) bond motifs is 1. The Morgan fingerprint density at radius 3 is 2.61 bits per heavy atom. The SMILES string of the molecule is CCCCN=Cc1cc(O)c(O)c2ccccc12. The van der Waals surface area contributed by atoms with E-state index < -0.39 is 0 Å². The summed E-state index contributed by atoms with van der Waals surface area (Å²) in [6, 6.07) is 8.98. The maximum absolute atomic E-state index is 9.80. The molecule has 0 aliphatic carbocycles. The molecule has 0 spiro atoms. The molecule has 0 heterocycles. The first-order valence-electron chi connectivity index (χ1n) is 6.17. The predicted octanol–water partition coefficient (Wildman–Crippen LogP) is 3.47. The number of hydrogen-bond acceptors (Lipinski definition) is 3. The lowest BCUT2D eigenvalue weighted by atomic mass is 10.0. The van der Waals surface area contributed by atoms with Crippen molar-refractivity contribution < 1.29 is 10.2 Å². The lowest BCUT2D eigenvalue weighted by molar-refractivity contribution is 0.408. The number of phenols is 2. The molecule has 2 aromatic rings. The summed E-state index contributed by atoms with van der Waals surface area (Å²) >= 11 is 0. The third-order valence-electron chi connectivity index (χ3n) is 2.90. The molecule has 0 aromatic heterocycles. The number of rotatable bonds is 4. The molecule has 94 valence electrons. The number of phenolic OH excluding ortho intramolecular Hbond substituents is 2. The minimum Gasteiger partial charge on any atom is -0.504 e. The van der Waals surface area contributed by atoms with Gasteiger partial charge in [0.25, 0.3) is 0 Å². The quantitative estimate of drug-likeness (QED) is 0.491. The van der Waals surface area contributed by atoms with Gasteiger partial charge in [0.2, 0.25) is 0 Å². The standard InChI is InChI=1S/C15H17NO2/c1-2-3-8-16-10-11-9-14(17)15(18)13-7-5-4-6-12(11)13/h4-7,9-10,17-18H,2-3,8H2,1H3. The van der Waals surface area contributed by atoms with E-state index in [1.807, 2.05) is 18.2 Å². The number of unbranched alkanes of at least 4 members (excludes halogenated alkanes) is 1. The molecule has 0 amide bonds. The van der Waals surface area contributed by atoms with Gasteiger partial charge in [-0.2, -0.15) is 0 Å². The van der Waals surface area contributed by atoms with Crippen molar-refractivity contribution in [3.63, 3.8) is 0 Å². The van der Waals surface area contributed by atoms with E-state index in [1.54, 1.807) is 18.3 Å². The van der Waals surface area contributed by atoms with Gasteiger partial charge in [0, 0.05) is 23.7 Å². The Kier molecular flexibility index (Phi) is 3.82. The molecular formula is C15H17NO2. The predicted molar refractivity (Wildman–Crippen MR) is 74.6 cm³/mol. The second kappa shape index (κ2) is 5.54. The zero-order valence-corrected chi connectivity index (χ0v) is 10.4. The summed E-state index contributed by atoms with van der Waals surface area (Å²) < 4.78 is 0. The highest BCUT2D eigenvalue weighted by atomic mass is 16.3. The van der Waals surface area contributed by atoms with Gasteiger partial charge in [-0.1, -0.05) is 37.6 Å². The number of hydrogen-bond donors (Lipinski definition) is 2. The van der Waals surface area contributed by atoms with E-state index in [4.69, 9.17) is 0 Å². The number of aliphatic imine (C=N–C) groups is 1. The van der Waals surface area contributed by atoms with E-state index in [0.717, 1.165) is 30.3 Å². The fraction of sp³-hybridized carbons (Fsp3) is 0.267. The van der Waals surface area contributed by atoms with Crippen molar-refractivity contribution in [1.29, 1.82) is 0 Å². The Bertz CT molecular complexity index is 576. The first kappa shape index (κ1) is 12.4. The van der Waals surface area contributed by atoms with E-state index in [0.29, 0.717) is 5.39 Å². The van der Waals surface area contributed by atoms with E-state index in [2.05, 4.69) is 11.9 Å². The van der Waals surface area contributed by atoms with Gasteiger partial charge >= 0.3 is 0 Å². The molecule has 0 bridgehead atoms. The molecule has 3 nitrogen and oxygen atoms in total. The molecule has 0 saturated carbocycles. The molecule has 0 saturated heterocycles. The Balaban J connectivity index is 2.44. The Labute approximate surface area is 106 Å². The lowest BCUT2D eigenvalue weighted by Crippen LogP contribution is -1.88. The third kappa shape index (κ3) is 2.45. The highest BCUT2D eigenvalue weighted by Crippen LogP contribution is 2.35. The summed E-state index contributed by atoms with van der Waals surface area (Å²) in [5.41, 5.74) is 0.831. The van der Waals surface area contributed by atoms with Crippen LogP contribution in [0.3, 0.4) is 0 Å². The molecule has 0 atom stereocenters. The number of aromatic hydroxyl groups is 2. The maximum Gasteiger partial charge on any atom is 0.165 e. The highest BCUT2D eigenvalue weighted by Gasteiger charge is 2.08. The number of nitrogens with zero attached hydrogens (tertiary/aromatic N) is 1. The van der Waals surface area contributed by atoms with Crippen LogP contribution >= 0.6 is 0 Å². The van der Waals surface area contributed by atoms with Crippen molar-refractivity contribution in [3.05, 3.63) is 35.9 Å². The van der Waals surface area contributed by atoms with Crippen LogP contribution in [0.15, 0.2) is 35.3 Å². The molecule has 18 heavy (non-hydrogen) atoms. The molecule has 0 fully saturated rings. The molecule has 0 aliphatic heterocycles. The van der Waals surface area contributed by atoms with Crippen LogP contribution in [0.4, 0.5) is 0 Å². The van der Waals surface area contributed by atoms with E-state index in [1.165, 1.54) is 0 Å². The Morgan fingerprint density at radius 2 is 1.89 bits per heavy atom. The van der Waals surface area contributed by atoms with Gasteiger partial charge in [0.05, 0.1) is 0 Å². The summed E-state index contributed by atoms with van der Waals surface area (Å²) in [4.78, 5) is 4.33. The lowest BCUT2D eigenvalue weighted by Gasteiger charge is -2.06. The summed E-state index contributed by atoms with van der Waals surface area (Å²) in [6.07, 6.45) is 3.93. The second-order valence-corrected chi connectivity index (χ2v) is 4.27. The first-order chi connectivity index (χ1) is 8.74. The topological polar surface area (TPSA) is 52.8 Å². The van der Waals surface area contributed by atoms with Gasteiger partial charge in [-0.15, -0.1) is 0 Å². The van der Waals surface area contributed by atoms with E-state index in [9.17, 15) is 10.2 Å². The van der Waals surface area contributed by atoms with E-state index >= 15 is 0 Å². The van der Waals surface area contributed by atoms with Crippen LogP contribution in [-0.2, 0) is 0 Å². The largest absolute Gasteiger partial charge is 0.504 e. The fourth-order valence-electron chi connectivity index (χ4n) is 1.89. The number of benzene rings is 2. The molecule has 0 radical (unpaired) electrons. The maximum atomic E-state index is 9.80. The fourth-order valence-corrected chi connectivity index (χ4v) is 1.89. The second-order valence-electron chi connectivity index (χ2n) is 4.27. The van der Waals surface area contributed by atoms with Gasteiger partial charge in [-0.3, -0.25) is 4.99 Å². The normalized spacial score (nSPS) is 11.4. The van der Waals surface area contributed by atoms with Crippen LogP contribution in [0.25, 0.3) is 10.8 Å². The molecule has 2 rings (SSSR count). The van der Waals surface area contributed by atoms with Gasteiger partial charge in [-0.05, 0) is 17.9 Å². The van der Waals surface area contributed by atoms with Crippen molar-refractivity contribution >= 4 is 17.0 Å². The summed E-state index contributed by atoms with van der Waals surface area (Å²) in [5.74, 6) is -0.179. The van der Waals surface area contributed by atoms with Crippen molar-refractivity contribution in [1.82, 2.24) is 0 Å². The van der Waals surface area contributed by atoms with Gasteiger partial charge in [-0.25, -0.2) is 0 Å². The van der Waals surface area contributed by atoms with Gasteiger partial charge in [0.15, 0.2) is 11.5 Å². The average molecular weight is 243 g/mol. The molecule has 0 unspecified atom stereocenters. The zero-order valence-electron chi connectivity index (χ0n) is 10.4. The average Bonchev–Trinajstić information content (AvgIpc) is 2.40. The molecule has 2 N–H and O–H groups in total. The van der Waals surface area contributed by atoms with Crippen molar-refractivity contribution in [2.45, 2.75) is 19.8 Å². The van der Waals surface area contributed by atoms with Crippen LogP contribution in [0.1, 0.15) is 25.3 Å². The summed E-state index contributed by atoms with van der Waals surface area (Å²) in [5, 5.41) is 21.0. The third-order valence-corrected chi connectivity index (χ3v) is 2.90. The Morgan fingerprint density at radius 1 is 1.17 bits per heavy atom. The van der Waals surface area contributed by atoms with Crippen LogP contribution in [0, 0.1) is 0 Å². The van der Waals surface area contributed by atoms with Crippen LogP contribution in [-0.4, -0.2) is 23.0 Å². The summed E-state index contributed by atoms with van der Waals surface area (Å²) in [6.45, 7) is 2.91. The molecule has 3 heteroatoms. The van der Waals surface area contributed by atoms with Crippen molar-refractivity contribution in [2.75, 3.05) is 6.54 Å². The summed E-state index contributed by atoms with van der Waals surface area (Å²) in [7, 11) is 0. The van der Waals surface area contributed by atoms with Crippen LogP contribution in [0.2, 0.25) is 0 Å². The molecule has 2 aromatic carbocycles. The zero-order chi connectivity index (χ0) is 13.0. The van der Waals surface area contributed by atoms with Crippen LogP contribution < -0.4 is 0 Å². The van der Waals surface area contributed by atoms with Crippen LogP contribution in [0.5, 0.6) is 11.5 Å². The smallest absolute Gasteiger partial charge is 0.165 e. The molecular weight excluding hydrogens is 226 g/mol. The first-order valence-corrected chi connectivity index (χ1v) is 6.17. The monoisotopic (exact) mass is 243 g/mol. The minimum absolute atomic E-state index is 0.0729. The van der Waals surface area contributed by atoms with Crippen molar-refractivity contribution in [2.24, 2.45) is 4.99 Å². The van der Waals surface area contributed by atoms with Gasteiger partial charge < -0.3 is 10.2 Å². The van der Waals surface area contributed by atoms with Gasteiger partial charge in [0.1, 0.15) is 0 Å². The van der Waals surface area contributed by atoms with Crippen molar-refractivity contribution in [3.8, 4) is 11.5 Å². The minimum atomic E-state index is -0.106. The Hall–Kier alpha value is -2.03. The highest BCUT2D eigenvalue weighted by molar-refractivity contribution is 6.03.